The third-order valence-electron chi connectivity index (χ3n) is 3.51. The molecular formula is C19H22FNO2. The largest absolute Gasteiger partial charge is 0.493 e. The van der Waals surface area contributed by atoms with Gasteiger partial charge in [-0.15, -0.1) is 0 Å². The van der Waals surface area contributed by atoms with E-state index in [2.05, 4.69) is 5.32 Å². The van der Waals surface area contributed by atoms with E-state index in [0.717, 1.165) is 16.8 Å². The van der Waals surface area contributed by atoms with E-state index in [9.17, 15) is 4.39 Å². The lowest BCUT2D eigenvalue weighted by Crippen LogP contribution is -2.17. The summed E-state index contributed by atoms with van der Waals surface area (Å²) in [5.74, 6) is 0.211. The van der Waals surface area contributed by atoms with E-state index in [0.29, 0.717) is 5.75 Å². The molecule has 1 atom stereocenters. The molecule has 1 unspecified atom stereocenters. The summed E-state index contributed by atoms with van der Waals surface area (Å²) in [4.78, 5) is 0. The zero-order chi connectivity index (χ0) is 16.5. The van der Waals surface area contributed by atoms with Crippen LogP contribution in [0.25, 0.3) is 12.2 Å². The van der Waals surface area contributed by atoms with Crippen molar-refractivity contribution in [3.8, 4) is 5.75 Å². The molecule has 0 aliphatic carbocycles. The Kier molecular flexibility index (Phi) is 6.63. The van der Waals surface area contributed by atoms with E-state index in [1.54, 1.807) is 0 Å². The molecule has 2 N–H and O–H groups in total. The first-order valence-electron chi connectivity index (χ1n) is 7.60. The average molecular weight is 314 g/mol. The van der Waals surface area contributed by atoms with Crippen LogP contribution in [0.3, 0.4) is 0 Å². The Morgan fingerprint density at radius 3 is 2.09 bits per heavy atom. The summed E-state index contributed by atoms with van der Waals surface area (Å²) in [6, 6.07) is 15.7. The number of hydrogen-bond donors (Lipinski definition) is 2. The first-order chi connectivity index (χ1) is 11.2. The second-order valence-corrected chi connectivity index (χ2v) is 5.29. The predicted molar refractivity (Wildman–Crippen MR) is 93.4 cm³/mol. The minimum Gasteiger partial charge on any atom is -0.493 e. The highest BCUT2D eigenvalue weighted by molar-refractivity contribution is 5.70. The number of aliphatic hydroxyl groups is 1. The molecule has 0 spiro atoms. The number of nitrogens with one attached hydrogen (secondary N) is 1. The molecule has 0 amide bonds. The van der Waals surface area contributed by atoms with E-state index in [-0.39, 0.29) is 13.2 Å². The Bertz CT molecular complexity index is 604. The first kappa shape index (κ1) is 17.0. The van der Waals surface area contributed by atoms with Crippen LogP contribution in [0.4, 0.5) is 10.1 Å². The quantitative estimate of drug-likeness (QED) is 0.727. The molecule has 3 nitrogen and oxygen atoms in total. The molecule has 0 saturated heterocycles. The third kappa shape index (κ3) is 5.42. The summed E-state index contributed by atoms with van der Waals surface area (Å²) in [5.41, 5.74) is 3.26. The van der Waals surface area contributed by atoms with Crippen molar-refractivity contribution >= 4 is 17.8 Å². The fourth-order valence-corrected chi connectivity index (χ4v) is 1.99. The molecule has 23 heavy (non-hydrogen) atoms. The third-order valence-corrected chi connectivity index (χ3v) is 3.51. The van der Waals surface area contributed by atoms with Gasteiger partial charge in [-0.2, -0.15) is 0 Å². The molecule has 0 heterocycles. The Hall–Kier alpha value is -2.33. The molecule has 0 aromatic heterocycles. The van der Waals surface area contributed by atoms with Gasteiger partial charge in [0.1, 0.15) is 5.75 Å². The number of ether oxygens (including phenoxy) is 1. The van der Waals surface area contributed by atoms with Gasteiger partial charge in [0.25, 0.3) is 0 Å². The molecule has 0 aliphatic rings. The molecule has 0 saturated carbocycles. The Morgan fingerprint density at radius 2 is 1.61 bits per heavy atom. The van der Waals surface area contributed by atoms with Crippen molar-refractivity contribution in [1.29, 1.82) is 0 Å². The maximum absolute atomic E-state index is 12.5. The summed E-state index contributed by atoms with van der Waals surface area (Å²) in [5, 5.41) is 12.0. The maximum atomic E-state index is 12.5. The Morgan fingerprint density at radius 1 is 1.04 bits per heavy atom. The van der Waals surface area contributed by atoms with Crippen molar-refractivity contribution in [2.45, 2.75) is 0 Å². The average Bonchev–Trinajstić information content (AvgIpc) is 2.62. The molecule has 122 valence electrons. The van der Waals surface area contributed by atoms with Gasteiger partial charge >= 0.3 is 0 Å². The molecule has 2 aromatic rings. The SMILES string of the molecule is CNc1ccc(/C=C/c2ccc(OCC(CO)C[18F])cc2)cc1. The van der Waals surface area contributed by atoms with Gasteiger partial charge in [-0.25, -0.2) is 0 Å². The van der Waals surface area contributed by atoms with E-state index < -0.39 is 12.6 Å². The molecule has 4 heteroatoms. The van der Waals surface area contributed by atoms with Crippen LogP contribution in [-0.2, 0) is 0 Å². The lowest BCUT2D eigenvalue weighted by Gasteiger charge is -2.11. The molecule has 0 radical (unpaired) electrons. The van der Waals surface area contributed by atoms with Crippen LogP contribution >= 0.6 is 0 Å². The highest BCUT2D eigenvalue weighted by Crippen LogP contribution is 2.16. The van der Waals surface area contributed by atoms with Crippen molar-refractivity contribution in [2.75, 3.05) is 32.3 Å². The van der Waals surface area contributed by atoms with Crippen LogP contribution < -0.4 is 10.1 Å². The van der Waals surface area contributed by atoms with E-state index in [4.69, 9.17) is 9.84 Å². The zero-order valence-corrected chi connectivity index (χ0v) is 13.2. The number of rotatable bonds is 8. The van der Waals surface area contributed by atoms with Crippen molar-refractivity contribution in [2.24, 2.45) is 5.92 Å². The van der Waals surface area contributed by atoms with E-state index in [1.165, 1.54) is 0 Å². The molecule has 0 aliphatic heterocycles. The molecule has 0 fully saturated rings. The number of alkyl halides is 1. The van der Waals surface area contributed by atoms with Gasteiger partial charge in [0, 0.05) is 18.7 Å². The molecule has 0 bridgehead atoms. The Labute approximate surface area is 136 Å². The minimum absolute atomic E-state index is 0.181. The van der Waals surface area contributed by atoms with Crippen LogP contribution in [0, 0.1) is 5.92 Å². The van der Waals surface area contributed by atoms with Crippen LogP contribution in [-0.4, -0.2) is 32.0 Å². The summed E-state index contributed by atoms with van der Waals surface area (Å²) in [7, 11) is 1.89. The minimum atomic E-state index is -0.580. The number of anilines is 1. The fourth-order valence-electron chi connectivity index (χ4n) is 1.99. The number of aliphatic hydroxyl groups excluding tert-OH is 1. The van der Waals surface area contributed by atoms with Gasteiger partial charge in [0.05, 0.1) is 19.9 Å². The van der Waals surface area contributed by atoms with E-state index in [1.807, 2.05) is 67.7 Å². The van der Waals surface area contributed by atoms with Gasteiger partial charge in [-0.1, -0.05) is 36.4 Å². The monoisotopic (exact) mass is 314 g/mol. The smallest absolute Gasteiger partial charge is 0.119 e. The number of hydrogen-bond acceptors (Lipinski definition) is 3. The van der Waals surface area contributed by atoms with E-state index >= 15 is 0 Å². The maximum Gasteiger partial charge on any atom is 0.119 e. The summed E-state index contributed by atoms with van der Waals surface area (Å²) < 4.78 is 17.9. The van der Waals surface area contributed by atoms with Gasteiger partial charge < -0.3 is 15.2 Å². The van der Waals surface area contributed by atoms with Crippen molar-refractivity contribution in [3.63, 3.8) is 0 Å². The predicted octanol–water partition coefficient (Wildman–Crippen LogP) is 3.86. The summed E-state index contributed by atoms with van der Waals surface area (Å²) in [6.45, 7) is -0.604. The highest BCUT2D eigenvalue weighted by Gasteiger charge is 2.07. The Balaban J connectivity index is 1.92. The zero-order valence-electron chi connectivity index (χ0n) is 13.2. The van der Waals surface area contributed by atoms with Crippen LogP contribution in [0.15, 0.2) is 48.5 Å². The van der Waals surface area contributed by atoms with Crippen molar-refractivity contribution < 1.29 is 14.2 Å². The van der Waals surface area contributed by atoms with Gasteiger partial charge in [-0.05, 0) is 35.4 Å². The molecule has 2 rings (SSSR count). The van der Waals surface area contributed by atoms with Crippen molar-refractivity contribution in [1.82, 2.24) is 0 Å². The fraction of sp³-hybridized carbons (Fsp3) is 0.263. The standard InChI is InChI=1S/C19H22FNO2/c1-21-18-8-4-15(5-9-18)2-3-16-6-10-19(11-7-16)23-14-17(12-20)13-22/h2-11,17,21-22H,12-14H2,1H3/b3-2+/i20-1. The number of halogens is 1. The normalized spacial score (nSPS) is 12.3. The summed E-state index contributed by atoms with van der Waals surface area (Å²) >= 11 is 0. The van der Waals surface area contributed by atoms with Gasteiger partial charge in [0.15, 0.2) is 0 Å². The second kappa shape index (κ2) is 8.96. The van der Waals surface area contributed by atoms with Crippen LogP contribution in [0.1, 0.15) is 11.1 Å². The number of benzene rings is 2. The lowest BCUT2D eigenvalue weighted by atomic mass is 10.1. The first-order valence-corrected chi connectivity index (χ1v) is 7.60. The molecular weight excluding hydrogens is 292 g/mol. The topological polar surface area (TPSA) is 41.5 Å². The van der Waals surface area contributed by atoms with Crippen LogP contribution in [0.5, 0.6) is 5.75 Å². The highest BCUT2D eigenvalue weighted by atomic mass is 18.2. The molecule has 2 aromatic carbocycles. The lowest BCUT2D eigenvalue weighted by molar-refractivity contribution is 0.140. The summed E-state index contributed by atoms with van der Waals surface area (Å²) in [6.07, 6.45) is 4.07. The second-order valence-electron chi connectivity index (χ2n) is 5.29. The van der Waals surface area contributed by atoms with Gasteiger partial charge in [-0.3, -0.25) is 4.39 Å². The van der Waals surface area contributed by atoms with Crippen molar-refractivity contribution in [3.05, 3.63) is 59.7 Å². The van der Waals surface area contributed by atoms with Gasteiger partial charge in [0.2, 0.25) is 0 Å². The van der Waals surface area contributed by atoms with Crippen LogP contribution in [0.2, 0.25) is 0 Å².